The number of hydrogen-bond acceptors (Lipinski definition) is 5. The van der Waals surface area contributed by atoms with Crippen LogP contribution in [-0.2, 0) is 14.3 Å². The highest BCUT2D eigenvalue weighted by atomic mass is 79.9. The van der Waals surface area contributed by atoms with Gasteiger partial charge >= 0.3 is 0 Å². The summed E-state index contributed by atoms with van der Waals surface area (Å²) in [6.45, 7) is 5.24. The van der Waals surface area contributed by atoms with E-state index in [2.05, 4.69) is 21.2 Å². The average molecular weight is 485 g/mol. The van der Waals surface area contributed by atoms with Gasteiger partial charge in [0.15, 0.2) is 0 Å². The van der Waals surface area contributed by atoms with Gasteiger partial charge in [0.1, 0.15) is 24.0 Å². The minimum absolute atomic E-state index is 0.0368. The SMILES string of the molecule is O=C(CN1C(=O)/C(=C\c2cccc(Br)c2)SC1=S)NCCC[NH+]1CCOCC1. The standard InChI is InChI=1S/C19H22BrN3O3S2/c20-15-4-1-3-14(11-15)12-16-18(25)23(19(27)28-16)13-17(24)21-5-2-6-22-7-9-26-10-8-22/h1,3-4,11-12H,2,5-10,13H2,(H,21,24)/p+1/b16-12+. The van der Waals surface area contributed by atoms with Crippen LogP contribution in [0.2, 0.25) is 0 Å². The molecule has 150 valence electrons. The van der Waals surface area contributed by atoms with Gasteiger partial charge in [-0.3, -0.25) is 14.5 Å². The first-order chi connectivity index (χ1) is 13.5. The molecule has 2 saturated heterocycles. The minimum atomic E-state index is -0.220. The van der Waals surface area contributed by atoms with Gasteiger partial charge < -0.3 is 15.0 Å². The number of ether oxygens (including phenoxy) is 1. The lowest BCUT2D eigenvalue weighted by Gasteiger charge is -2.23. The molecule has 0 unspecified atom stereocenters. The highest BCUT2D eigenvalue weighted by Crippen LogP contribution is 2.32. The highest BCUT2D eigenvalue weighted by Gasteiger charge is 2.33. The monoisotopic (exact) mass is 484 g/mol. The molecule has 1 aromatic carbocycles. The van der Waals surface area contributed by atoms with E-state index >= 15 is 0 Å². The Morgan fingerprint density at radius 3 is 2.93 bits per heavy atom. The number of carbonyl (C=O) groups is 2. The van der Waals surface area contributed by atoms with E-state index < -0.39 is 0 Å². The van der Waals surface area contributed by atoms with Crippen molar-refractivity contribution in [2.45, 2.75) is 6.42 Å². The predicted octanol–water partition coefficient (Wildman–Crippen LogP) is 1.07. The molecule has 0 aromatic heterocycles. The summed E-state index contributed by atoms with van der Waals surface area (Å²) < 4.78 is 6.70. The number of nitrogens with one attached hydrogen (secondary N) is 2. The number of benzene rings is 1. The third-order valence-electron chi connectivity index (χ3n) is 4.55. The third kappa shape index (κ3) is 6.12. The fraction of sp³-hybridized carbons (Fsp3) is 0.421. The van der Waals surface area contributed by atoms with Crippen LogP contribution in [0.5, 0.6) is 0 Å². The van der Waals surface area contributed by atoms with Crippen LogP contribution in [0, 0.1) is 0 Å². The molecule has 0 saturated carbocycles. The molecule has 2 fully saturated rings. The van der Waals surface area contributed by atoms with Crippen LogP contribution in [-0.4, -0.2) is 67.0 Å². The van der Waals surface area contributed by atoms with E-state index in [1.54, 1.807) is 6.08 Å². The van der Waals surface area contributed by atoms with Crippen molar-refractivity contribution < 1.29 is 19.2 Å². The molecule has 0 atom stereocenters. The molecule has 2 heterocycles. The zero-order chi connectivity index (χ0) is 19.9. The van der Waals surface area contributed by atoms with Crippen LogP contribution in [0.15, 0.2) is 33.6 Å². The number of morpholine rings is 1. The Balaban J connectivity index is 1.46. The van der Waals surface area contributed by atoms with E-state index in [-0.39, 0.29) is 18.4 Å². The number of hydrogen-bond donors (Lipinski definition) is 2. The van der Waals surface area contributed by atoms with Crippen molar-refractivity contribution in [1.82, 2.24) is 10.2 Å². The molecule has 2 N–H and O–H groups in total. The van der Waals surface area contributed by atoms with Crippen molar-refractivity contribution in [3.8, 4) is 0 Å². The van der Waals surface area contributed by atoms with Gasteiger partial charge in [0.25, 0.3) is 5.91 Å². The molecule has 0 spiro atoms. The number of rotatable bonds is 7. The van der Waals surface area contributed by atoms with Gasteiger partial charge in [0.05, 0.1) is 24.7 Å². The zero-order valence-electron chi connectivity index (χ0n) is 15.4. The molecule has 0 radical (unpaired) electrons. The molecule has 2 aliphatic rings. The maximum atomic E-state index is 12.6. The lowest BCUT2D eigenvalue weighted by molar-refractivity contribution is -0.908. The van der Waals surface area contributed by atoms with E-state index in [9.17, 15) is 9.59 Å². The van der Waals surface area contributed by atoms with Gasteiger partial charge in [-0.05, 0) is 23.8 Å². The van der Waals surface area contributed by atoms with Crippen LogP contribution in [0.25, 0.3) is 6.08 Å². The molecule has 2 aliphatic heterocycles. The van der Waals surface area contributed by atoms with E-state index in [4.69, 9.17) is 17.0 Å². The summed E-state index contributed by atoms with van der Waals surface area (Å²) in [5, 5.41) is 2.89. The first-order valence-corrected chi connectivity index (χ1v) is 11.2. The summed E-state index contributed by atoms with van der Waals surface area (Å²) in [6, 6.07) is 7.67. The number of thiocarbonyl (C=S) groups is 1. The fourth-order valence-corrected chi connectivity index (χ4v) is 4.73. The second-order valence-electron chi connectivity index (χ2n) is 6.64. The van der Waals surface area contributed by atoms with Crippen LogP contribution in [0.4, 0.5) is 0 Å². The Morgan fingerprint density at radius 2 is 2.18 bits per heavy atom. The largest absolute Gasteiger partial charge is 0.370 e. The average Bonchev–Trinajstić information content (AvgIpc) is 2.93. The molecular formula is C19H23BrN3O3S2+. The Kier molecular flexibility index (Phi) is 8.04. The molecule has 6 nitrogen and oxygen atoms in total. The molecule has 0 aliphatic carbocycles. The van der Waals surface area contributed by atoms with Crippen LogP contribution in [0.3, 0.4) is 0 Å². The topological polar surface area (TPSA) is 63.1 Å². The predicted molar refractivity (Wildman–Crippen MR) is 118 cm³/mol. The first-order valence-electron chi connectivity index (χ1n) is 9.22. The molecule has 2 amide bonds. The van der Waals surface area contributed by atoms with E-state index in [1.165, 1.54) is 21.6 Å². The zero-order valence-corrected chi connectivity index (χ0v) is 18.6. The van der Waals surface area contributed by atoms with Gasteiger partial charge in [-0.2, -0.15) is 0 Å². The summed E-state index contributed by atoms with van der Waals surface area (Å²) in [4.78, 5) is 28.3. The molecule has 1 aromatic rings. The Morgan fingerprint density at radius 1 is 1.39 bits per heavy atom. The van der Waals surface area contributed by atoms with Crippen molar-refractivity contribution in [1.29, 1.82) is 0 Å². The smallest absolute Gasteiger partial charge is 0.266 e. The van der Waals surface area contributed by atoms with Gasteiger partial charge in [0, 0.05) is 17.4 Å². The lowest BCUT2D eigenvalue weighted by Crippen LogP contribution is -3.14. The lowest BCUT2D eigenvalue weighted by atomic mass is 10.2. The number of nitrogens with zero attached hydrogens (tertiary/aromatic N) is 1. The van der Waals surface area contributed by atoms with Crippen molar-refractivity contribution in [2.75, 3.05) is 45.9 Å². The van der Waals surface area contributed by atoms with E-state index in [0.717, 1.165) is 49.3 Å². The van der Waals surface area contributed by atoms with Crippen molar-refractivity contribution >= 4 is 62.1 Å². The third-order valence-corrected chi connectivity index (χ3v) is 6.42. The molecule has 3 rings (SSSR count). The van der Waals surface area contributed by atoms with Gasteiger partial charge in [-0.15, -0.1) is 0 Å². The first kappa shape index (κ1) is 21.4. The normalized spacial score (nSPS) is 19.5. The number of amides is 2. The van der Waals surface area contributed by atoms with Gasteiger partial charge in [-0.25, -0.2) is 0 Å². The Hall–Kier alpha value is -1.26. The maximum Gasteiger partial charge on any atom is 0.266 e. The van der Waals surface area contributed by atoms with Gasteiger partial charge in [-0.1, -0.05) is 52.0 Å². The highest BCUT2D eigenvalue weighted by molar-refractivity contribution is 9.10. The van der Waals surface area contributed by atoms with Crippen LogP contribution >= 0.6 is 39.9 Å². The molecular weight excluding hydrogens is 462 g/mol. The number of halogens is 1. The van der Waals surface area contributed by atoms with E-state index in [1.807, 2.05) is 24.3 Å². The van der Waals surface area contributed by atoms with Crippen molar-refractivity contribution in [3.63, 3.8) is 0 Å². The fourth-order valence-electron chi connectivity index (χ4n) is 3.06. The summed E-state index contributed by atoms with van der Waals surface area (Å²) in [5.74, 6) is -0.403. The molecule has 9 heteroatoms. The second kappa shape index (κ2) is 10.5. The molecule has 28 heavy (non-hydrogen) atoms. The number of thioether (sulfide) groups is 1. The summed E-state index contributed by atoms with van der Waals surface area (Å²) in [6.07, 6.45) is 2.70. The van der Waals surface area contributed by atoms with Crippen LogP contribution in [0.1, 0.15) is 12.0 Å². The minimum Gasteiger partial charge on any atom is -0.370 e. The maximum absolute atomic E-state index is 12.6. The van der Waals surface area contributed by atoms with E-state index in [0.29, 0.717) is 15.8 Å². The summed E-state index contributed by atoms with van der Waals surface area (Å²) in [5.41, 5.74) is 0.907. The number of quaternary nitrogens is 1. The summed E-state index contributed by atoms with van der Waals surface area (Å²) in [7, 11) is 0. The van der Waals surface area contributed by atoms with Crippen molar-refractivity contribution in [2.24, 2.45) is 0 Å². The molecule has 0 bridgehead atoms. The van der Waals surface area contributed by atoms with Gasteiger partial charge in [0.2, 0.25) is 5.91 Å². The Labute approximate surface area is 182 Å². The van der Waals surface area contributed by atoms with Crippen LogP contribution < -0.4 is 10.2 Å². The van der Waals surface area contributed by atoms with Crippen molar-refractivity contribution in [3.05, 3.63) is 39.2 Å². The Bertz CT molecular complexity index is 781. The second-order valence-corrected chi connectivity index (χ2v) is 9.23. The number of carbonyl (C=O) groups excluding carboxylic acids is 2. The quantitative estimate of drug-likeness (QED) is 0.344. The summed E-state index contributed by atoms with van der Waals surface area (Å²) >= 11 is 9.95.